The SMILES string of the molecule is COc1ccc(-c2cn(C(=O)N(C)c3ccc(F)cc3C)cn2)cc1. The Morgan fingerprint density at radius 2 is 1.92 bits per heavy atom. The Morgan fingerprint density at radius 3 is 2.56 bits per heavy atom. The molecule has 0 aliphatic heterocycles. The number of methoxy groups -OCH3 is 1. The van der Waals surface area contributed by atoms with Crippen molar-refractivity contribution in [1.82, 2.24) is 9.55 Å². The van der Waals surface area contributed by atoms with Crippen LogP contribution in [0.2, 0.25) is 0 Å². The van der Waals surface area contributed by atoms with Crippen LogP contribution in [0.4, 0.5) is 14.9 Å². The van der Waals surface area contributed by atoms with E-state index >= 15 is 0 Å². The molecule has 3 rings (SSSR count). The lowest BCUT2D eigenvalue weighted by Gasteiger charge is -2.19. The maximum Gasteiger partial charge on any atom is 0.333 e. The second-order valence-electron chi connectivity index (χ2n) is 5.67. The number of rotatable bonds is 3. The highest BCUT2D eigenvalue weighted by atomic mass is 19.1. The van der Waals surface area contributed by atoms with Crippen molar-refractivity contribution in [2.45, 2.75) is 6.92 Å². The average molecular weight is 339 g/mol. The summed E-state index contributed by atoms with van der Waals surface area (Å²) in [5.41, 5.74) is 2.89. The molecule has 0 saturated carbocycles. The van der Waals surface area contributed by atoms with Crippen molar-refractivity contribution >= 4 is 11.7 Å². The maximum absolute atomic E-state index is 13.3. The van der Waals surface area contributed by atoms with Crippen molar-refractivity contribution in [2.75, 3.05) is 19.1 Å². The van der Waals surface area contributed by atoms with Gasteiger partial charge in [0.1, 0.15) is 17.9 Å². The Hall–Kier alpha value is -3.15. The van der Waals surface area contributed by atoms with Gasteiger partial charge in [0.05, 0.1) is 12.8 Å². The first-order valence-corrected chi connectivity index (χ1v) is 7.72. The number of carbonyl (C=O) groups is 1. The van der Waals surface area contributed by atoms with Gasteiger partial charge in [0, 0.05) is 24.5 Å². The number of nitrogens with zero attached hydrogens (tertiary/aromatic N) is 3. The second-order valence-corrected chi connectivity index (χ2v) is 5.67. The molecule has 1 amide bonds. The molecular formula is C19H18FN3O2. The molecule has 0 saturated heterocycles. The fourth-order valence-corrected chi connectivity index (χ4v) is 2.61. The fourth-order valence-electron chi connectivity index (χ4n) is 2.61. The van der Waals surface area contributed by atoms with Gasteiger partial charge in [-0.3, -0.25) is 9.47 Å². The maximum atomic E-state index is 13.3. The number of aryl methyl sites for hydroxylation is 1. The molecule has 0 spiro atoms. The number of halogens is 1. The second kappa shape index (κ2) is 6.76. The minimum Gasteiger partial charge on any atom is -0.497 e. The molecule has 128 valence electrons. The quantitative estimate of drug-likeness (QED) is 0.721. The third-order valence-electron chi connectivity index (χ3n) is 4.00. The summed E-state index contributed by atoms with van der Waals surface area (Å²) >= 11 is 0. The van der Waals surface area contributed by atoms with Crippen LogP contribution in [-0.4, -0.2) is 29.7 Å². The van der Waals surface area contributed by atoms with Crippen molar-refractivity contribution in [3.8, 4) is 17.0 Å². The van der Waals surface area contributed by atoms with Crippen molar-refractivity contribution in [3.05, 3.63) is 66.4 Å². The highest BCUT2D eigenvalue weighted by Gasteiger charge is 2.16. The largest absolute Gasteiger partial charge is 0.497 e. The summed E-state index contributed by atoms with van der Waals surface area (Å²) in [5, 5.41) is 0. The van der Waals surface area contributed by atoms with E-state index in [-0.39, 0.29) is 11.8 Å². The van der Waals surface area contributed by atoms with E-state index in [1.165, 1.54) is 27.9 Å². The number of hydrogen-bond donors (Lipinski definition) is 0. The molecule has 0 unspecified atom stereocenters. The van der Waals surface area contributed by atoms with Gasteiger partial charge in [-0.05, 0) is 55.0 Å². The summed E-state index contributed by atoms with van der Waals surface area (Å²) in [4.78, 5) is 18.4. The number of imidazole rings is 1. The van der Waals surface area contributed by atoms with Crippen molar-refractivity contribution in [2.24, 2.45) is 0 Å². The molecule has 0 atom stereocenters. The molecule has 6 heteroatoms. The Kier molecular flexibility index (Phi) is 4.52. The topological polar surface area (TPSA) is 47.4 Å². The van der Waals surface area contributed by atoms with Gasteiger partial charge < -0.3 is 4.74 Å². The molecule has 2 aromatic carbocycles. The van der Waals surface area contributed by atoms with E-state index in [0.29, 0.717) is 16.9 Å². The van der Waals surface area contributed by atoms with Gasteiger partial charge in [-0.2, -0.15) is 0 Å². The van der Waals surface area contributed by atoms with Crippen molar-refractivity contribution < 1.29 is 13.9 Å². The van der Waals surface area contributed by atoms with Crippen LogP contribution in [0.25, 0.3) is 11.3 Å². The van der Waals surface area contributed by atoms with Gasteiger partial charge in [-0.1, -0.05) is 0 Å². The first-order chi connectivity index (χ1) is 12.0. The Bertz CT molecular complexity index is 903. The molecule has 3 aromatic rings. The van der Waals surface area contributed by atoms with E-state index < -0.39 is 0 Å². The van der Waals surface area contributed by atoms with Crippen LogP contribution in [-0.2, 0) is 0 Å². The normalized spacial score (nSPS) is 10.6. The fraction of sp³-hybridized carbons (Fsp3) is 0.158. The monoisotopic (exact) mass is 339 g/mol. The van der Waals surface area contributed by atoms with Crippen molar-refractivity contribution in [1.29, 1.82) is 0 Å². The molecule has 0 fully saturated rings. The van der Waals surface area contributed by atoms with Crippen LogP contribution in [0, 0.1) is 12.7 Å². The van der Waals surface area contributed by atoms with Gasteiger partial charge in [-0.15, -0.1) is 0 Å². The Labute approximate surface area is 145 Å². The molecule has 0 radical (unpaired) electrons. The van der Waals surface area contributed by atoms with Gasteiger partial charge in [0.2, 0.25) is 0 Å². The Morgan fingerprint density at radius 1 is 1.20 bits per heavy atom. The van der Waals surface area contributed by atoms with Crippen LogP contribution < -0.4 is 9.64 Å². The van der Waals surface area contributed by atoms with E-state index in [9.17, 15) is 9.18 Å². The zero-order valence-corrected chi connectivity index (χ0v) is 14.2. The molecular weight excluding hydrogens is 321 g/mol. The number of benzene rings is 2. The van der Waals surface area contributed by atoms with E-state index in [1.54, 1.807) is 33.3 Å². The molecule has 5 nitrogen and oxygen atoms in total. The smallest absolute Gasteiger partial charge is 0.333 e. The minimum absolute atomic E-state index is 0.276. The van der Waals surface area contributed by atoms with Gasteiger partial charge in [0.25, 0.3) is 0 Å². The number of aromatic nitrogens is 2. The van der Waals surface area contributed by atoms with Gasteiger partial charge >= 0.3 is 6.03 Å². The summed E-state index contributed by atoms with van der Waals surface area (Å²) in [5.74, 6) is 0.428. The van der Waals surface area contributed by atoms with Crippen LogP contribution in [0.3, 0.4) is 0 Å². The highest BCUT2D eigenvalue weighted by molar-refractivity contribution is 5.94. The van der Waals surface area contributed by atoms with E-state index in [1.807, 2.05) is 24.3 Å². The summed E-state index contributed by atoms with van der Waals surface area (Å²) in [6, 6.07) is 11.5. The Balaban J connectivity index is 1.84. The average Bonchev–Trinajstić information content (AvgIpc) is 3.10. The van der Waals surface area contributed by atoms with Gasteiger partial charge in [0.15, 0.2) is 0 Å². The zero-order chi connectivity index (χ0) is 18.0. The molecule has 0 aliphatic rings. The predicted molar refractivity (Wildman–Crippen MR) is 94.5 cm³/mol. The van der Waals surface area contributed by atoms with Gasteiger partial charge in [-0.25, -0.2) is 14.2 Å². The molecule has 25 heavy (non-hydrogen) atoms. The third-order valence-corrected chi connectivity index (χ3v) is 4.00. The number of anilines is 1. The first kappa shape index (κ1) is 16.7. The highest BCUT2D eigenvalue weighted by Crippen LogP contribution is 2.23. The molecule has 1 aromatic heterocycles. The summed E-state index contributed by atoms with van der Waals surface area (Å²) in [6.07, 6.45) is 3.14. The van der Waals surface area contributed by atoms with E-state index in [4.69, 9.17) is 4.74 Å². The summed E-state index contributed by atoms with van der Waals surface area (Å²) in [6.45, 7) is 1.76. The number of ether oxygens (including phenoxy) is 1. The minimum atomic E-state index is -0.327. The van der Waals surface area contributed by atoms with E-state index in [0.717, 1.165) is 11.3 Å². The summed E-state index contributed by atoms with van der Waals surface area (Å²) in [7, 11) is 3.26. The number of amides is 1. The number of carbonyl (C=O) groups excluding carboxylic acids is 1. The van der Waals surface area contributed by atoms with Crippen LogP contribution >= 0.6 is 0 Å². The number of hydrogen-bond acceptors (Lipinski definition) is 3. The first-order valence-electron chi connectivity index (χ1n) is 7.72. The predicted octanol–water partition coefficient (Wildman–Crippen LogP) is 4.11. The van der Waals surface area contributed by atoms with Crippen LogP contribution in [0.5, 0.6) is 5.75 Å². The molecule has 1 heterocycles. The third kappa shape index (κ3) is 3.38. The molecule has 0 aliphatic carbocycles. The lowest BCUT2D eigenvalue weighted by molar-refractivity contribution is 0.249. The van der Waals surface area contributed by atoms with Crippen LogP contribution in [0.15, 0.2) is 55.0 Å². The lowest BCUT2D eigenvalue weighted by atomic mass is 10.1. The van der Waals surface area contributed by atoms with Crippen molar-refractivity contribution in [3.63, 3.8) is 0 Å². The lowest BCUT2D eigenvalue weighted by Crippen LogP contribution is -2.30. The molecule has 0 bridgehead atoms. The molecule has 0 N–H and O–H groups in total. The summed E-state index contributed by atoms with van der Waals surface area (Å²) < 4.78 is 19.8. The zero-order valence-electron chi connectivity index (χ0n) is 14.2. The van der Waals surface area contributed by atoms with E-state index in [2.05, 4.69) is 4.98 Å². The standard InChI is InChI=1S/C19H18FN3O2/c1-13-10-15(20)6-9-18(13)22(2)19(24)23-11-17(21-12-23)14-4-7-16(25-3)8-5-14/h4-12H,1-3H3. The van der Waals surface area contributed by atoms with Crippen LogP contribution in [0.1, 0.15) is 5.56 Å².